The van der Waals surface area contributed by atoms with Gasteiger partial charge >= 0.3 is 0 Å². The van der Waals surface area contributed by atoms with Gasteiger partial charge in [-0.05, 0) is 36.0 Å². The largest absolute Gasteiger partial charge is 0.508 e. The van der Waals surface area contributed by atoms with Gasteiger partial charge in [0.15, 0.2) is 0 Å². The quantitative estimate of drug-likeness (QED) is 0.775. The first-order valence-electron chi connectivity index (χ1n) is 5.78. The third-order valence-corrected chi connectivity index (χ3v) is 4.16. The molecule has 0 amide bonds. The first-order valence-corrected chi connectivity index (χ1v) is 5.78. The monoisotopic (exact) mass is 203 g/mol. The fourth-order valence-corrected chi connectivity index (χ4v) is 2.86. The smallest absolute Gasteiger partial charge is 0.115 e. The van der Waals surface area contributed by atoms with Crippen LogP contribution in [0.25, 0.3) is 0 Å². The van der Waals surface area contributed by atoms with Crippen LogP contribution in [0.1, 0.15) is 31.2 Å². The summed E-state index contributed by atoms with van der Waals surface area (Å²) in [7, 11) is 0. The first-order chi connectivity index (χ1) is 7.20. The van der Waals surface area contributed by atoms with Gasteiger partial charge in [0.1, 0.15) is 5.75 Å². The van der Waals surface area contributed by atoms with Crippen LogP contribution in [-0.4, -0.2) is 5.11 Å². The summed E-state index contributed by atoms with van der Waals surface area (Å²) in [5.74, 6) is 1.84. The number of aromatic hydroxyl groups is 1. The van der Waals surface area contributed by atoms with Crippen molar-refractivity contribution in [3.05, 3.63) is 29.8 Å². The van der Waals surface area contributed by atoms with Crippen LogP contribution in [0.3, 0.4) is 0 Å². The molecular formula is C13H17NO. The predicted molar refractivity (Wildman–Crippen MR) is 59.4 cm³/mol. The second-order valence-electron chi connectivity index (χ2n) is 5.09. The molecule has 0 aromatic heterocycles. The van der Waals surface area contributed by atoms with E-state index in [4.69, 9.17) is 5.73 Å². The Balaban J connectivity index is 1.83. The minimum absolute atomic E-state index is 0.135. The van der Waals surface area contributed by atoms with Crippen LogP contribution in [0.2, 0.25) is 0 Å². The molecule has 2 saturated carbocycles. The highest BCUT2D eigenvalue weighted by Crippen LogP contribution is 2.58. The van der Waals surface area contributed by atoms with Crippen LogP contribution in [0.15, 0.2) is 24.3 Å². The number of phenolic OH excluding ortho intramolecular Hbond substituents is 1. The predicted octanol–water partition coefficient (Wildman–Crippen LogP) is 2.37. The van der Waals surface area contributed by atoms with Crippen LogP contribution in [0, 0.1) is 11.8 Å². The fourth-order valence-electron chi connectivity index (χ4n) is 2.86. The van der Waals surface area contributed by atoms with E-state index in [1.807, 2.05) is 18.2 Å². The van der Waals surface area contributed by atoms with Crippen LogP contribution in [0.5, 0.6) is 5.75 Å². The van der Waals surface area contributed by atoms with Crippen LogP contribution in [-0.2, 0) is 5.54 Å². The summed E-state index contributed by atoms with van der Waals surface area (Å²) in [5, 5.41) is 9.44. The van der Waals surface area contributed by atoms with Crippen molar-refractivity contribution in [2.45, 2.75) is 31.2 Å². The SMILES string of the molecule is NC1(c2cccc(O)c2)CC1C1CCC1. The number of nitrogens with two attached hydrogens (primary N) is 1. The molecule has 2 nitrogen and oxygen atoms in total. The number of rotatable bonds is 2. The molecule has 0 heterocycles. The van der Waals surface area contributed by atoms with E-state index in [0.29, 0.717) is 11.7 Å². The van der Waals surface area contributed by atoms with Gasteiger partial charge in [0.05, 0.1) is 0 Å². The van der Waals surface area contributed by atoms with Gasteiger partial charge in [0, 0.05) is 5.54 Å². The lowest BCUT2D eigenvalue weighted by Crippen LogP contribution is -2.27. The standard InChI is InChI=1S/C13H17NO/c14-13(8-12(13)9-3-1-4-9)10-5-2-6-11(15)7-10/h2,5-7,9,12,15H,1,3-4,8,14H2. The zero-order valence-corrected chi connectivity index (χ0v) is 8.82. The van der Waals surface area contributed by atoms with Gasteiger partial charge in [0.2, 0.25) is 0 Å². The Bertz CT molecular complexity index is 386. The van der Waals surface area contributed by atoms with E-state index in [2.05, 4.69) is 0 Å². The van der Waals surface area contributed by atoms with Gasteiger partial charge in [0.25, 0.3) is 0 Å². The minimum Gasteiger partial charge on any atom is -0.508 e. The summed E-state index contributed by atoms with van der Waals surface area (Å²) >= 11 is 0. The van der Waals surface area contributed by atoms with E-state index in [1.54, 1.807) is 6.07 Å². The topological polar surface area (TPSA) is 46.2 Å². The number of phenols is 1. The normalized spacial score (nSPS) is 34.9. The zero-order valence-electron chi connectivity index (χ0n) is 8.82. The van der Waals surface area contributed by atoms with Crippen molar-refractivity contribution in [1.29, 1.82) is 0 Å². The molecule has 3 N–H and O–H groups in total. The highest BCUT2D eigenvalue weighted by atomic mass is 16.3. The number of benzene rings is 1. The molecule has 2 unspecified atom stereocenters. The van der Waals surface area contributed by atoms with E-state index >= 15 is 0 Å². The summed E-state index contributed by atoms with van der Waals surface area (Å²) in [5.41, 5.74) is 7.36. The second kappa shape index (κ2) is 2.99. The summed E-state index contributed by atoms with van der Waals surface area (Å²) in [6.07, 6.45) is 5.17. The third-order valence-electron chi connectivity index (χ3n) is 4.16. The van der Waals surface area contributed by atoms with Gasteiger partial charge in [-0.25, -0.2) is 0 Å². The Morgan fingerprint density at radius 2 is 2.13 bits per heavy atom. The maximum absolute atomic E-state index is 9.44. The number of hydrogen-bond donors (Lipinski definition) is 2. The maximum atomic E-state index is 9.44. The minimum atomic E-state index is -0.135. The molecule has 2 fully saturated rings. The molecule has 80 valence electrons. The molecule has 0 radical (unpaired) electrons. The van der Waals surface area contributed by atoms with Crippen LogP contribution in [0.4, 0.5) is 0 Å². The van der Waals surface area contributed by atoms with Crippen LogP contribution >= 0.6 is 0 Å². The van der Waals surface area contributed by atoms with Crippen molar-refractivity contribution < 1.29 is 5.11 Å². The molecule has 3 rings (SSSR count). The summed E-state index contributed by atoms with van der Waals surface area (Å²) < 4.78 is 0. The van der Waals surface area contributed by atoms with Crippen molar-refractivity contribution in [2.75, 3.05) is 0 Å². The molecule has 0 bridgehead atoms. The van der Waals surface area contributed by atoms with Gasteiger partial charge in [-0.3, -0.25) is 0 Å². The van der Waals surface area contributed by atoms with E-state index in [9.17, 15) is 5.11 Å². The molecular weight excluding hydrogens is 186 g/mol. The van der Waals surface area contributed by atoms with Crippen molar-refractivity contribution >= 4 is 0 Å². The first kappa shape index (κ1) is 9.22. The Morgan fingerprint density at radius 3 is 2.73 bits per heavy atom. The van der Waals surface area contributed by atoms with Crippen LogP contribution < -0.4 is 5.73 Å². The van der Waals surface area contributed by atoms with Gasteiger partial charge in [-0.1, -0.05) is 31.4 Å². The average Bonchev–Trinajstić information content (AvgIpc) is 2.76. The molecule has 2 atom stereocenters. The lowest BCUT2D eigenvalue weighted by Gasteiger charge is -2.27. The fraction of sp³-hybridized carbons (Fsp3) is 0.538. The molecule has 0 saturated heterocycles. The lowest BCUT2D eigenvalue weighted by atomic mass is 9.79. The van der Waals surface area contributed by atoms with E-state index in [-0.39, 0.29) is 5.54 Å². The van der Waals surface area contributed by atoms with Crippen molar-refractivity contribution in [3.63, 3.8) is 0 Å². The highest BCUT2D eigenvalue weighted by Gasteiger charge is 2.56. The average molecular weight is 203 g/mol. The summed E-state index contributed by atoms with van der Waals surface area (Å²) in [6.45, 7) is 0. The molecule has 2 aliphatic rings. The Kier molecular flexibility index (Phi) is 1.84. The van der Waals surface area contributed by atoms with E-state index < -0.39 is 0 Å². The van der Waals surface area contributed by atoms with Crippen molar-refractivity contribution in [2.24, 2.45) is 17.6 Å². The van der Waals surface area contributed by atoms with Crippen molar-refractivity contribution in [3.8, 4) is 5.75 Å². The summed E-state index contributed by atoms with van der Waals surface area (Å²) in [6, 6.07) is 7.44. The van der Waals surface area contributed by atoms with Gasteiger partial charge in [-0.15, -0.1) is 0 Å². The maximum Gasteiger partial charge on any atom is 0.115 e. The van der Waals surface area contributed by atoms with Gasteiger partial charge in [-0.2, -0.15) is 0 Å². The zero-order chi connectivity index (χ0) is 10.5. The Morgan fingerprint density at radius 1 is 1.33 bits per heavy atom. The molecule has 2 heteroatoms. The van der Waals surface area contributed by atoms with Crippen molar-refractivity contribution in [1.82, 2.24) is 0 Å². The highest BCUT2D eigenvalue weighted by molar-refractivity contribution is 5.37. The second-order valence-corrected chi connectivity index (χ2v) is 5.09. The van der Waals surface area contributed by atoms with Gasteiger partial charge < -0.3 is 10.8 Å². The molecule has 2 aliphatic carbocycles. The molecule has 15 heavy (non-hydrogen) atoms. The summed E-state index contributed by atoms with van der Waals surface area (Å²) in [4.78, 5) is 0. The Labute approximate surface area is 90.1 Å². The molecule has 0 aliphatic heterocycles. The molecule has 1 aromatic rings. The van der Waals surface area contributed by atoms with E-state index in [0.717, 1.165) is 17.9 Å². The molecule has 1 aromatic carbocycles. The molecule has 0 spiro atoms. The third kappa shape index (κ3) is 1.36. The Hall–Kier alpha value is -1.02. The van der Waals surface area contributed by atoms with E-state index in [1.165, 1.54) is 19.3 Å². The number of hydrogen-bond acceptors (Lipinski definition) is 2. The lowest BCUT2D eigenvalue weighted by molar-refractivity contribution is 0.258.